The van der Waals surface area contributed by atoms with Crippen molar-refractivity contribution in [2.45, 2.75) is 25.9 Å². The lowest BCUT2D eigenvalue weighted by molar-refractivity contribution is -0.153. The van der Waals surface area contributed by atoms with Crippen molar-refractivity contribution >= 4 is 52.7 Å². The number of urea groups is 1. The number of nitrogens with zero attached hydrogens (tertiary/aromatic N) is 2. The van der Waals surface area contributed by atoms with Crippen molar-refractivity contribution in [2.24, 2.45) is 0 Å². The van der Waals surface area contributed by atoms with E-state index in [0.717, 1.165) is 4.90 Å². The fourth-order valence-electron chi connectivity index (χ4n) is 2.41. The van der Waals surface area contributed by atoms with Gasteiger partial charge in [0.05, 0.1) is 10.7 Å². The lowest BCUT2D eigenvalue weighted by Gasteiger charge is -2.16. The van der Waals surface area contributed by atoms with E-state index in [1.165, 1.54) is 31.0 Å². The van der Waals surface area contributed by atoms with Gasteiger partial charge in [-0.3, -0.25) is 19.3 Å². The van der Waals surface area contributed by atoms with Gasteiger partial charge in [-0.25, -0.2) is 4.79 Å². The van der Waals surface area contributed by atoms with Crippen LogP contribution in [0.25, 0.3) is 0 Å². The summed E-state index contributed by atoms with van der Waals surface area (Å²) in [5.41, 5.74) is 0.351. The van der Waals surface area contributed by atoms with E-state index in [2.05, 4.69) is 5.32 Å². The van der Waals surface area contributed by atoms with Gasteiger partial charge in [0.1, 0.15) is 6.54 Å². The van der Waals surface area contributed by atoms with E-state index >= 15 is 0 Å². The molecule has 1 N–H and O–H groups in total. The molecule has 0 bridgehead atoms. The average Bonchev–Trinajstić information content (AvgIpc) is 2.83. The molecule has 0 saturated carbocycles. The predicted molar refractivity (Wildman–Crippen MR) is 99.6 cm³/mol. The first kappa shape index (κ1) is 21.0. The Kier molecular flexibility index (Phi) is 7.04. The van der Waals surface area contributed by atoms with Crippen molar-refractivity contribution in [3.63, 3.8) is 0 Å². The molecule has 1 fully saturated rings. The number of carbonyl (C=O) groups is 4. The Morgan fingerprint density at radius 3 is 2.59 bits per heavy atom. The number of esters is 1. The van der Waals surface area contributed by atoms with Crippen molar-refractivity contribution in [3.8, 4) is 0 Å². The molecule has 0 radical (unpaired) electrons. The van der Waals surface area contributed by atoms with Gasteiger partial charge in [0.25, 0.3) is 5.91 Å². The largest absolute Gasteiger partial charge is 0.453 e. The molecular formula is C17H19Cl2N3O5. The Hall–Kier alpha value is -2.32. The molecule has 0 aromatic heterocycles. The third-order valence-corrected chi connectivity index (χ3v) is 4.41. The van der Waals surface area contributed by atoms with Crippen LogP contribution in [0.4, 0.5) is 10.5 Å². The molecule has 1 atom stereocenters. The number of carbonyl (C=O) groups excluding carboxylic acids is 4. The fourth-order valence-corrected chi connectivity index (χ4v) is 2.86. The summed E-state index contributed by atoms with van der Waals surface area (Å²) in [4.78, 5) is 49.7. The standard InChI is InChI=1S/C17H19Cl2N3O5/c1-10(16(25)20-13-6-5-11(18)8-12(13)19)27-15(24)4-3-7-22-14(23)9-21(2)17(22)26/h5-6,8,10H,3-4,7,9H2,1-2H3,(H,20,25)/t10-/m1/s1. The van der Waals surface area contributed by atoms with Crippen LogP contribution in [0.1, 0.15) is 19.8 Å². The van der Waals surface area contributed by atoms with Gasteiger partial charge in [-0.15, -0.1) is 0 Å². The molecule has 2 rings (SSSR count). The minimum absolute atomic E-state index is 0.0277. The van der Waals surface area contributed by atoms with Gasteiger partial charge in [-0.2, -0.15) is 0 Å². The van der Waals surface area contributed by atoms with Crippen LogP contribution >= 0.6 is 23.2 Å². The third-order valence-electron chi connectivity index (χ3n) is 3.86. The van der Waals surface area contributed by atoms with Crippen molar-refractivity contribution in [3.05, 3.63) is 28.2 Å². The van der Waals surface area contributed by atoms with Gasteiger partial charge < -0.3 is 15.0 Å². The van der Waals surface area contributed by atoms with E-state index < -0.39 is 18.0 Å². The zero-order chi connectivity index (χ0) is 20.1. The smallest absolute Gasteiger partial charge is 0.326 e. The highest BCUT2D eigenvalue weighted by molar-refractivity contribution is 6.36. The lowest BCUT2D eigenvalue weighted by atomic mass is 10.2. The first-order valence-corrected chi connectivity index (χ1v) is 8.95. The molecule has 146 valence electrons. The van der Waals surface area contributed by atoms with E-state index in [1.54, 1.807) is 6.07 Å². The number of halogens is 2. The first-order valence-electron chi connectivity index (χ1n) is 8.20. The number of imide groups is 1. The maximum atomic E-state index is 12.1. The van der Waals surface area contributed by atoms with Gasteiger partial charge in [-0.1, -0.05) is 23.2 Å². The van der Waals surface area contributed by atoms with Crippen LogP contribution < -0.4 is 5.32 Å². The first-order chi connectivity index (χ1) is 12.7. The van der Waals surface area contributed by atoms with Crippen LogP contribution in [0.15, 0.2) is 18.2 Å². The highest BCUT2D eigenvalue weighted by atomic mass is 35.5. The molecule has 0 spiro atoms. The number of nitrogens with one attached hydrogen (secondary N) is 1. The van der Waals surface area contributed by atoms with E-state index in [4.69, 9.17) is 27.9 Å². The Labute approximate surface area is 166 Å². The monoisotopic (exact) mass is 415 g/mol. The van der Waals surface area contributed by atoms with Crippen molar-refractivity contribution in [1.82, 2.24) is 9.80 Å². The number of rotatable bonds is 7. The Morgan fingerprint density at radius 2 is 2.00 bits per heavy atom. The minimum atomic E-state index is -1.04. The third kappa shape index (κ3) is 5.58. The van der Waals surface area contributed by atoms with Gasteiger partial charge in [-0.05, 0) is 31.5 Å². The number of hydrogen-bond donors (Lipinski definition) is 1. The molecule has 8 nitrogen and oxygen atoms in total. The SMILES string of the molecule is C[C@@H](OC(=O)CCCN1C(=O)CN(C)C1=O)C(=O)Nc1ccc(Cl)cc1Cl. The molecule has 10 heteroatoms. The van der Waals surface area contributed by atoms with Crippen molar-refractivity contribution in [1.29, 1.82) is 0 Å². The van der Waals surface area contributed by atoms with Gasteiger partial charge >= 0.3 is 12.0 Å². The second-order valence-electron chi connectivity index (χ2n) is 6.03. The Bertz CT molecular complexity index is 771. The number of likely N-dealkylation sites (N-methyl/N-ethyl adjacent to an activating group) is 1. The zero-order valence-corrected chi connectivity index (χ0v) is 16.3. The predicted octanol–water partition coefficient (Wildman–Crippen LogP) is 2.54. The summed E-state index contributed by atoms with van der Waals surface area (Å²) in [6.07, 6.45) is -0.813. The lowest BCUT2D eigenvalue weighted by Crippen LogP contribution is -2.33. The van der Waals surface area contributed by atoms with Crippen LogP contribution in [-0.4, -0.2) is 59.9 Å². The molecule has 1 aromatic carbocycles. The van der Waals surface area contributed by atoms with E-state index in [-0.39, 0.29) is 42.9 Å². The number of benzene rings is 1. The second kappa shape index (κ2) is 9.05. The van der Waals surface area contributed by atoms with Gasteiger partial charge in [0, 0.05) is 25.0 Å². The van der Waals surface area contributed by atoms with Crippen LogP contribution in [0.5, 0.6) is 0 Å². The van der Waals surface area contributed by atoms with E-state index in [0.29, 0.717) is 10.7 Å². The summed E-state index contributed by atoms with van der Waals surface area (Å²) in [6.45, 7) is 1.59. The van der Waals surface area contributed by atoms with Crippen molar-refractivity contribution < 1.29 is 23.9 Å². The van der Waals surface area contributed by atoms with Crippen LogP contribution in [-0.2, 0) is 19.1 Å². The second-order valence-corrected chi connectivity index (χ2v) is 6.88. The maximum absolute atomic E-state index is 12.1. The highest BCUT2D eigenvalue weighted by Crippen LogP contribution is 2.25. The molecular weight excluding hydrogens is 397 g/mol. The molecule has 1 saturated heterocycles. The molecule has 0 aliphatic carbocycles. The summed E-state index contributed by atoms with van der Waals surface area (Å²) in [7, 11) is 1.53. The molecule has 1 aromatic rings. The van der Waals surface area contributed by atoms with Gasteiger partial charge in [0.2, 0.25) is 5.91 Å². The minimum Gasteiger partial charge on any atom is -0.453 e. The normalized spacial score (nSPS) is 15.1. The number of hydrogen-bond acceptors (Lipinski definition) is 5. The van der Waals surface area contributed by atoms with Gasteiger partial charge in [0.15, 0.2) is 6.10 Å². The summed E-state index contributed by atoms with van der Waals surface area (Å²) >= 11 is 11.8. The van der Waals surface area contributed by atoms with Crippen molar-refractivity contribution in [2.75, 3.05) is 25.5 Å². The molecule has 1 aliphatic heterocycles. The molecule has 0 unspecified atom stereocenters. The summed E-state index contributed by atoms with van der Waals surface area (Å²) < 4.78 is 5.07. The number of ether oxygens (including phenoxy) is 1. The number of amides is 4. The molecule has 1 aliphatic rings. The van der Waals surface area contributed by atoms with Crippen LogP contribution in [0.2, 0.25) is 10.0 Å². The molecule has 27 heavy (non-hydrogen) atoms. The van der Waals surface area contributed by atoms with E-state index in [1.807, 2.05) is 0 Å². The number of anilines is 1. The summed E-state index contributed by atoms with van der Waals surface area (Å²) in [5.74, 6) is -1.45. The maximum Gasteiger partial charge on any atom is 0.326 e. The molecule has 1 heterocycles. The summed E-state index contributed by atoms with van der Waals surface area (Å²) in [6, 6.07) is 4.20. The summed E-state index contributed by atoms with van der Waals surface area (Å²) in [5, 5.41) is 3.24. The zero-order valence-electron chi connectivity index (χ0n) is 14.8. The average molecular weight is 416 g/mol. The molecule has 4 amide bonds. The Morgan fingerprint density at radius 1 is 1.30 bits per heavy atom. The van der Waals surface area contributed by atoms with Crippen LogP contribution in [0, 0.1) is 0 Å². The Balaban J connectivity index is 1.77. The van der Waals surface area contributed by atoms with Crippen LogP contribution in [0.3, 0.4) is 0 Å². The fraction of sp³-hybridized carbons (Fsp3) is 0.412. The highest BCUT2D eigenvalue weighted by Gasteiger charge is 2.33. The quantitative estimate of drug-likeness (QED) is 0.545. The topological polar surface area (TPSA) is 96.0 Å². The van der Waals surface area contributed by atoms with E-state index in [9.17, 15) is 19.2 Å².